The van der Waals surface area contributed by atoms with Gasteiger partial charge in [0, 0.05) is 16.5 Å². The second-order valence-electron chi connectivity index (χ2n) is 5.19. The zero-order valence-corrected chi connectivity index (χ0v) is 11.6. The molecule has 0 spiro atoms. The monoisotopic (exact) mass is 275 g/mol. The van der Waals surface area contributed by atoms with Crippen molar-refractivity contribution in [3.05, 3.63) is 23.8 Å². The summed E-state index contributed by atoms with van der Waals surface area (Å²) >= 11 is 1.58. The molecule has 0 atom stereocenters. The fraction of sp³-hybridized carbons (Fsp3) is 0.467. The van der Waals surface area contributed by atoms with Crippen molar-refractivity contribution in [1.82, 2.24) is 0 Å². The first-order valence-electron chi connectivity index (χ1n) is 6.83. The minimum absolute atomic E-state index is 0.187. The molecule has 3 rings (SSSR count). The maximum absolute atomic E-state index is 12.3. The second-order valence-corrected chi connectivity index (χ2v) is 6.21. The Morgan fingerprint density at radius 2 is 2.00 bits per heavy atom. The Morgan fingerprint density at radius 1 is 1.21 bits per heavy atom. The third-order valence-electron chi connectivity index (χ3n) is 3.94. The summed E-state index contributed by atoms with van der Waals surface area (Å²) in [7, 11) is 0. The fourth-order valence-corrected chi connectivity index (χ4v) is 3.89. The van der Waals surface area contributed by atoms with Gasteiger partial charge in [-0.2, -0.15) is 0 Å². The van der Waals surface area contributed by atoms with Crippen molar-refractivity contribution in [2.45, 2.75) is 43.0 Å². The van der Waals surface area contributed by atoms with Crippen molar-refractivity contribution < 1.29 is 9.59 Å². The predicted octanol–water partition coefficient (Wildman–Crippen LogP) is 3.27. The van der Waals surface area contributed by atoms with Gasteiger partial charge in [-0.3, -0.25) is 9.59 Å². The Kier molecular flexibility index (Phi) is 3.60. The van der Waals surface area contributed by atoms with E-state index < -0.39 is 0 Å². The van der Waals surface area contributed by atoms with Gasteiger partial charge in [-0.15, -0.1) is 11.8 Å². The van der Waals surface area contributed by atoms with E-state index in [0.717, 1.165) is 29.7 Å². The summed E-state index contributed by atoms with van der Waals surface area (Å²) < 4.78 is 0. The number of carbonyl (C=O) groups excluding carboxylic acids is 2. The summed E-state index contributed by atoms with van der Waals surface area (Å²) in [5.41, 5.74) is 1.59. The molecule has 1 amide bonds. The summed E-state index contributed by atoms with van der Waals surface area (Å²) in [6.45, 7) is 0. The highest BCUT2D eigenvalue weighted by atomic mass is 32.2. The van der Waals surface area contributed by atoms with Crippen molar-refractivity contribution >= 4 is 29.6 Å². The molecule has 0 bridgehead atoms. The molecule has 2 aliphatic rings. The molecule has 4 heteroatoms. The Morgan fingerprint density at radius 3 is 2.74 bits per heavy atom. The zero-order valence-electron chi connectivity index (χ0n) is 10.8. The van der Waals surface area contributed by atoms with Crippen molar-refractivity contribution in [1.29, 1.82) is 0 Å². The van der Waals surface area contributed by atoms with Crippen LogP contribution in [0.5, 0.6) is 0 Å². The largest absolute Gasteiger partial charge is 0.307 e. The van der Waals surface area contributed by atoms with E-state index in [4.69, 9.17) is 0 Å². The Bertz CT molecular complexity index is 509. The number of benzene rings is 1. The first-order chi connectivity index (χ1) is 9.29. The van der Waals surface area contributed by atoms with Crippen LogP contribution in [-0.2, 0) is 4.79 Å². The summed E-state index contributed by atoms with van der Waals surface area (Å²) in [6.07, 6.45) is 6.69. The third kappa shape index (κ3) is 2.41. The van der Waals surface area contributed by atoms with E-state index in [1.54, 1.807) is 11.8 Å². The highest BCUT2D eigenvalue weighted by Gasteiger charge is 2.31. The average molecular weight is 275 g/mol. The number of thioether (sulfide) groups is 1. The molecule has 1 aromatic rings. The van der Waals surface area contributed by atoms with Crippen LogP contribution in [-0.4, -0.2) is 24.0 Å². The number of nitrogens with zero attached hydrogens (tertiary/aromatic N) is 1. The molecule has 1 aliphatic heterocycles. The van der Waals surface area contributed by atoms with Crippen molar-refractivity contribution in [3.8, 4) is 0 Å². The van der Waals surface area contributed by atoms with Crippen LogP contribution in [0.15, 0.2) is 23.1 Å². The smallest absolute Gasteiger partial charge is 0.237 e. The van der Waals surface area contributed by atoms with Crippen LogP contribution >= 0.6 is 11.8 Å². The molecule has 0 radical (unpaired) electrons. The number of hydrogen-bond donors (Lipinski definition) is 0. The molecule has 19 heavy (non-hydrogen) atoms. The van der Waals surface area contributed by atoms with Crippen LogP contribution in [0.25, 0.3) is 0 Å². The average Bonchev–Trinajstić information content (AvgIpc) is 2.47. The molecular formula is C15H17NO2S. The van der Waals surface area contributed by atoms with Crippen LogP contribution in [0.3, 0.4) is 0 Å². The quantitative estimate of drug-likeness (QED) is 0.777. The lowest BCUT2D eigenvalue weighted by molar-refractivity contribution is -0.116. The van der Waals surface area contributed by atoms with Gasteiger partial charge in [0.1, 0.15) is 6.29 Å². The van der Waals surface area contributed by atoms with Crippen molar-refractivity contribution in [2.24, 2.45) is 0 Å². The minimum Gasteiger partial charge on any atom is -0.307 e. The van der Waals surface area contributed by atoms with E-state index in [2.05, 4.69) is 0 Å². The van der Waals surface area contributed by atoms with Gasteiger partial charge < -0.3 is 4.90 Å². The third-order valence-corrected chi connectivity index (χ3v) is 4.99. The van der Waals surface area contributed by atoms with Gasteiger partial charge in [-0.25, -0.2) is 0 Å². The molecule has 1 heterocycles. The molecular weight excluding hydrogens is 258 g/mol. The molecule has 1 aliphatic carbocycles. The van der Waals surface area contributed by atoms with Gasteiger partial charge in [0.15, 0.2) is 0 Å². The van der Waals surface area contributed by atoms with Crippen molar-refractivity contribution in [2.75, 3.05) is 10.7 Å². The number of hydrogen-bond acceptors (Lipinski definition) is 3. The first-order valence-corrected chi connectivity index (χ1v) is 7.82. The van der Waals surface area contributed by atoms with E-state index in [0.29, 0.717) is 17.4 Å². The number of carbonyl (C=O) groups is 2. The Balaban J connectivity index is 1.99. The standard InChI is InChI=1S/C15H17NO2S/c17-9-11-6-7-14-13(8-11)16(15(18)10-19-14)12-4-2-1-3-5-12/h6-9,12H,1-5,10H2. The summed E-state index contributed by atoms with van der Waals surface area (Å²) in [6, 6.07) is 5.98. The lowest BCUT2D eigenvalue weighted by atomic mass is 9.93. The van der Waals surface area contributed by atoms with Gasteiger partial charge in [-0.05, 0) is 25.0 Å². The van der Waals surface area contributed by atoms with E-state index in [9.17, 15) is 9.59 Å². The molecule has 1 fully saturated rings. The first kappa shape index (κ1) is 12.7. The SMILES string of the molecule is O=Cc1ccc2c(c1)N(C1CCCCC1)C(=O)CS2. The fourth-order valence-electron chi connectivity index (χ4n) is 3.00. The molecule has 0 saturated heterocycles. The number of amides is 1. The molecule has 100 valence electrons. The normalized spacial score (nSPS) is 20.2. The molecule has 1 saturated carbocycles. The van der Waals surface area contributed by atoms with E-state index in [1.807, 2.05) is 23.1 Å². The Hall–Kier alpha value is -1.29. The van der Waals surface area contributed by atoms with Crippen LogP contribution in [0.4, 0.5) is 5.69 Å². The Labute approximate surface area is 117 Å². The number of rotatable bonds is 2. The van der Waals surface area contributed by atoms with Crippen molar-refractivity contribution in [3.63, 3.8) is 0 Å². The summed E-state index contributed by atoms with van der Waals surface area (Å²) in [5.74, 6) is 0.705. The lowest BCUT2D eigenvalue weighted by Crippen LogP contribution is -2.44. The topological polar surface area (TPSA) is 37.4 Å². The highest BCUT2D eigenvalue weighted by molar-refractivity contribution is 8.00. The molecule has 0 N–H and O–H groups in total. The van der Waals surface area contributed by atoms with Gasteiger partial charge in [0.05, 0.1) is 11.4 Å². The van der Waals surface area contributed by atoms with Gasteiger partial charge in [0.2, 0.25) is 5.91 Å². The van der Waals surface area contributed by atoms with E-state index in [1.165, 1.54) is 19.3 Å². The summed E-state index contributed by atoms with van der Waals surface area (Å²) in [5, 5.41) is 0. The predicted molar refractivity (Wildman–Crippen MR) is 76.9 cm³/mol. The number of anilines is 1. The van der Waals surface area contributed by atoms with Crippen LogP contribution in [0, 0.1) is 0 Å². The molecule has 1 aromatic carbocycles. The van der Waals surface area contributed by atoms with E-state index in [-0.39, 0.29) is 5.91 Å². The number of aldehydes is 1. The van der Waals surface area contributed by atoms with Crippen LogP contribution in [0.2, 0.25) is 0 Å². The molecule has 0 unspecified atom stereocenters. The maximum atomic E-state index is 12.3. The van der Waals surface area contributed by atoms with E-state index >= 15 is 0 Å². The molecule has 0 aromatic heterocycles. The van der Waals surface area contributed by atoms with Crippen LogP contribution in [0.1, 0.15) is 42.5 Å². The second kappa shape index (κ2) is 5.37. The maximum Gasteiger partial charge on any atom is 0.237 e. The number of fused-ring (bicyclic) bond motifs is 1. The minimum atomic E-state index is 0.187. The van der Waals surface area contributed by atoms with Gasteiger partial charge >= 0.3 is 0 Å². The summed E-state index contributed by atoms with van der Waals surface area (Å²) in [4.78, 5) is 26.3. The lowest BCUT2D eigenvalue weighted by Gasteiger charge is -2.37. The highest BCUT2D eigenvalue weighted by Crippen LogP contribution is 2.39. The zero-order chi connectivity index (χ0) is 13.2. The van der Waals surface area contributed by atoms with Crippen LogP contribution < -0.4 is 4.90 Å². The van der Waals surface area contributed by atoms with Gasteiger partial charge in [0.25, 0.3) is 0 Å². The molecule has 3 nitrogen and oxygen atoms in total. The van der Waals surface area contributed by atoms with Gasteiger partial charge in [-0.1, -0.05) is 25.3 Å².